The van der Waals surface area contributed by atoms with Crippen LogP contribution in [0.15, 0.2) is 12.2 Å². The number of amides is 1. The molecule has 60 valence electrons. The lowest BCUT2D eigenvalue weighted by Gasteiger charge is -2.32. The van der Waals surface area contributed by atoms with Gasteiger partial charge in [-0.15, -0.1) is 0 Å². The van der Waals surface area contributed by atoms with E-state index in [9.17, 15) is 4.79 Å². The maximum atomic E-state index is 10.9. The van der Waals surface area contributed by atoms with Crippen LogP contribution in [0.2, 0.25) is 0 Å². The highest BCUT2D eigenvalue weighted by molar-refractivity contribution is 5.76. The van der Waals surface area contributed by atoms with Crippen molar-refractivity contribution in [1.82, 2.24) is 10.9 Å². The Hall–Kier alpha value is -0.830. The molecule has 1 fully saturated rings. The number of rotatable bonds is 0. The second-order valence-corrected chi connectivity index (χ2v) is 3.19. The summed E-state index contributed by atoms with van der Waals surface area (Å²) in [5.41, 5.74) is 5.63. The molecule has 0 saturated carbocycles. The van der Waals surface area contributed by atoms with Crippen molar-refractivity contribution >= 4 is 5.91 Å². The summed E-state index contributed by atoms with van der Waals surface area (Å²) in [7, 11) is 0. The molecule has 1 amide bonds. The first kappa shape index (κ1) is 6.85. The average molecular weight is 152 g/mol. The van der Waals surface area contributed by atoms with E-state index < -0.39 is 0 Å². The van der Waals surface area contributed by atoms with E-state index in [1.807, 2.05) is 0 Å². The Morgan fingerprint density at radius 1 is 1.55 bits per heavy atom. The molecule has 1 heterocycles. The summed E-state index contributed by atoms with van der Waals surface area (Å²) in [6.07, 6.45) is 7.26. The van der Waals surface area contributed by atoms with Crippen LogP contribution in [-0.2, 0) is 4.79 Å². The Bertz CT molecular complexity index is 200. The number of allylic oxidation sites excluding steroid dienone is 1. The third-order valence-corrected chi connectivity index (χ3v) is 2.38. The minimum Gasteiger partial charge on any atom is -0.291 e. The number of hydrogen-bond acceptors (Lipinski definition) is 2. The van der Waals surface area contributed by atoms with Gasteiger partial charge in [-0.25, -0.2) is 5.43 Å². The molecule has 1 aliphatic heterocycles. The van der Waals surface area contributed by atoms with Crippen LogP contribution in [0, 0.1) is 5.92 Å². The number of carbonyl (C=O) groups is 1. The zero-order valence-electron chi connectivity index (χ0n) is 6.34. The average Bonchev–Trinajstić information content (AvgIpc) is 2.04. The minimum absolute atomic E-state index is 0.126. The van der Waals surface area contributed by atoms with E-state index in [0.29, 0.717) is 18.4 Å². The molecule has 0 aromatic rings. The van der Waals surface area contributed by atoms with Gasteiger partial charge in [0.1, 0.15) is 0 Å². The van der Waals surface area contributed by atoms with Crippen molar-refractivity contribution in [3.05, 3.63) is 12.2 Å². The first-order chi connectivity index (χ1) is 5.36. The monoisotopic (exact) mass is 152 g/mol. The first-order valence-electron chi connectivity index (χ1n) is 4.07. The Kier molecular flexibility index (Phi) is 1.66. The standard InChI is InChI=1S/C8H12N2O/c11-8-5-6-3-1-2-4-7(6)9-10-8/h2,4,6-7,9H,1,3,5H2,(H,10,11). The molecule has 1 aliphatic carbocycles. The zero-order chi connectivity index (χ0) is 7.68. The van der Waals surface area contributed by atoms with Crippen LogP contribution in [0.25, 0.3) is 0 Å². The summed E-state index contributed by atoms with van der Waals surface area (Å²) < 4.78 is 0. The molecule has 0 radical (unpaired) electrons. The maximum Gasteiger partial charge on any atom is 0.234 e. The molecule has 11 heavy (non-hydrogen) atoms. The predicted octanol–water partition coefficient (Wildman–Crippen LogP) is 0.346. The van der Waals surface area contributed by atoms with Crippen LogP contribution in [-0.4, -0.2) is 11.9 Å². The lowest BCUT2D eigenvalue weighted by Crippen LogP contribution is -2.53. The van der Waals surface area contributed by atoms with Gasteiger partial charge in [-0.3, -0.25) is 10.2 Å². The fraction of sp³-hybridized carbons (Fsp3) is 0.625. The Labute approximate surface area is 65.8 Å². The van der Waals surface area contributed by atoms with E-state index in [2.05, 4.69) is 23.0 Å². The Balaban J connectivity index is 2.07. The van der Waals surface area contributed by atoms with Crippen LogP contribution in [0.3, 0.4) is 0 Å². The topological polar surface area (TPSA) is 41.1 Å². The molecular formula is C8H12N2O. The number of nitrogens with one attached hydrogen (secondary N) is 2. The van der Waals surface area contributed by atoms with E-state index >= 15 is 0 Å². The van der Waals surface area contributed by atoms with Gasteiger partial charge in [-0.05, 0) is 18.8 Å². The highest BCUT2D eigenvalue weighted by atomic mass is 16.2. The van der Waals surface area contributed by atoms with Gasteiger partial charge in [0.2, 0.25) is 5.91 Å². The van der Waals surface area contributed by atoms with Gasteiger partial charge in [0.05, 0.1) is 0 Å². The van der Waals surface area contributed by atoms with Gasteiger partial charge in [-0.2, -0.15) is 0 Å². The second-order valence-electron chi connectivity index (χ2n) is 3.19. The van der Waals surface area contributed by atoms with Crippen molar-refractivity contribution in [2.75, 3.05) is 0 Å². The van der Waals surface area contributed by atoms with E-state index in [1.165, 1.54) is 0 Å². The lowest BCUT2D eigenvalue weighted by atomic mass is 9.86. The van der Waals surface area contributed by atoms with Gasteiger partial charge < -0.3 is 0 Å². The van der Waals surface area contributed by atoms with Crippen molar-refractivity contribution in [2.24, 2.45) is 5.92 Å². The molecule has 3 nitrogen and oxygen atoms in total. The number of fused-ring (bicyclic) bond motifs is 1. The fourth-order valence-electron chi connectivity index (χ4n) is 1.74. The lowest BCUT2D eigenvalue weighted by molar-refractivity contribution is -0.125. The summed E-state index contributed by atoms with van der Waals surface area (Å²) in [5.74, 6) is 0.648. The van der Waals surface area contributed by atoms with Gasteiger partial charge >= 0.3 is 0 Å². The van der Waals surface area contributed by atoms with Crippen LogP contribution in [0.4, 0.5) is 0 Å². The largest absolute Gasteiger partial charge is 0.291 e. The molecule has 0 aromatic carbocycles. The Morgan fingerprint density at radius 2 is 2.45 bits per heavy atom. The quantitative estimate of drug-likeness (QED) is 0.492. The van der Waals surface area contributed by atoms with Gasteiger partial charge in [0.15, 0.2) is 0 Å². The smallest absolute Gasteiger partial charge is 0.234 e. The van der Waals surface area contributed by atoms with Crippen LogP contribution >= 0.6 is 0 Å². The molecule has 0 bridgehead atoms. The van der Waals surface area contributed by atoms with Crippen molar-refractivity contribution in [2.45, 2.75) is 25.3 Å². The van der Waals surface area contributed by atoms with Crippen LogP contribution in [0.1, 0.15) is 19.3 Å². The third-order valence-electron chi connectivity index (χ3n) is 2.38. The minimum atomic E-state index is 0.126. The summed E-state index contributed by atoms with van der Waals surface area (Å²) in [5, 5.41) is 0. The van der Waals surface area contributed by atoms with E-state index in [4.69, 9.17) is 0 Å². The highest BCUT2D eigenvalue weighted by Gasteiger charge is 2.27. The summed E-state index contributed by atoms with van der Waals surface area (Å²) in [6.45, 7) is 0. The summed E-state index contributed by atoms with van der Waals surface area (Å²) >= 11 is 0. The van der Waals surface area contributed by atoms with Crippen molar-refractivity contribution in [1.29, 1.82) is 0 Å². The third kappa shape index (κ3) is 1.28. The van der Waals surface area contributed by atoms with Gasteiger partial charge in [-0.1, -0.05) is 12.2 Å². The van der Waals surface area contributed by atoms with E-state index in [0.717, 1.165) is 12.8 Å². The molecule has 2 aliphatic rings. The van der Waals surface area contributed by atoms with Crippen LogP contribution in [0.5, 0.6) is 0 Å². The molecule has 0 aromatic heterocycles. The maximum absolute atomic E-state index is 10.9. The molecule has 2 atom stereocenters. The molecule has 3 heteroatoms. The number of hydrazine groups is 1. The summed E-state index contributed by atoms with van der Waals surface area (Å²) in [4.78, 5) is 10.9. The summed E-state index contributed by atoms with van der Waals surface area (Å²) in [6, 6.07) is 0.376. The van der Waals surface area contributed by atoms with Gasteiger partial charge in [0, 0.05) is 12.5 Å². The van der Waals surface area contributed by atoms with E-state index in [1.54, 1.807) is 0 Å². The number of carbonyl (C=O) groups excluding carboxylic acids is 1. The molecular weight excluding hydrogens is 140 g/mol. The predicted molar refractivity (Wildman–Crippen MR) is 41.5 cm³/mol. The first-order valence-corrected chi connectivity index (χ1v) is 4.07. The van der Waals surface area contributed by atoms with E-state index in [-0.39, 0.29) is 5.91 Å². The highest BCUT2D eigenvalue weighted by Crippen LogP contribution is 2.23. The zero-order valence-corrected chi connectivity index (χ0v) is 6.34. The normalized spacial score (nSPS) is 36.2. The fourth-order valence-corrected chi connectivity index (χ4v) is 1.74. The molecule has 2 unspecified atom stereocenters. The SMILES string of the molecule is O=C1CC2CCC=CC2NN1. The molecule has 0 spiro atoms. The molecule has 2 rings (SSSR count). The van der Waals surface area contributed by atoms with Crippen LogP contribution < -0.4 is 10.9 Å². The van der Waals surface area contributed by atoms with Crippen molar-refractivity contribution in [3.8, 4) is 0 Å². The van der Waals surface area contributed by atoms with Crippen molar-refractivity contribution < 1.29 is 4.79 Å². The second kappa shape index (κ2) is 2.66. The van der Waals surface area contributed by atoms with Gasteiger partial charge in [0.25, 0.3) is 0 Å². The van der Waals surface area contributed by atoms with Crippen molar-refractivity contribution in [3.63, 3.8) is 0 Å². The Morgan fingerprint density at radius 3 is 3.36 bits per heavy atom. The molecule has 1 saturated heterocycles. The number of hydrogen-bond donors (Lipinski definition) is 2. The molecule has 2 N–H and O–H groups in total.